The van der Waals surface area contributed by atoms with Gasteiger partial charge in [-0.1, -0.05) is 18.2 Å². The van der Waals surface area contributed by atoms with Crippen molar-refractivity contribution in [2.24, 2.45) is 5.92 Å². The first kappa shape index (κ1) is 17.4. The molecule has 5 heteroatoms. The Morgan fingerprint density at radius 1 is 1.21 bits per heavy atom. The van der Waals surface area contributed by atoms with Crippen LogP contribution in [-0.4, -0.2) is 50.6 Å². The van der Waals surface area contributed by atoms with Crippen molar-refractivity contribution < 1.29 is 19.4 Å². The largest absolute Gasteiger partial charge is 0.396 e. The smallest absolute Gasteiger partial charge is 0.230 e. The number of aliphatic hydroxyl groups excluding tert-OH is 1. The fourth-order valence-corrected chi connectivity index (χ4v) is 3.86. The van der Waals surface area contributed by atoms with E-state index in [4.69, 9.17) is 9.47 Å². The lowest BCUT2D eigenvalue weighted by molar-refractivity contribution is -0.124. The number of para-hydroxylation sites is 1. The maximum atomic E-state index is 13.0. The van der Waals surface area contributed by atoms with E-state index in [-0.39, 0.29) is 30.5 Å². The maximum absolute atomic E-state index is 13.0. The third-order valence-corrected chi connectivity index (χ3v) is 5.22. The van der Waals surface area contributed by atoms with Crippen molar-refractivity contribution in [2.45, 2.75) is 37.7 Å². The molecule has 1 atom stereocenters. The van der Waals surface area contributed by atoms with Crippen LogP contribution in [0.3, 0.4) is 0 Å². The van der Waals surface area contributed by atoms with Gasteiger partial charge in [0.25, 0.3) is 0 Å². The molecular formula is C19H27NO4. The molecule has 1 unspecified atom stereocenters. The van der Waals surface area contributed by atoms with Gasteiger partial charge in [0.15, 0.2) is 0 Å². The molecule has 1 aliphatic heterocycles. The summed E-state index contributed by atoms with van der Waals surface area (Å²) in [6, 6.07) is 7.93. The van der Waals surface area contributed by atoms with Gasteiger partial charge in [0.2, 0.25) is 5.91 Å². The Balaban J connectivity index is 1.58. The Bertz CT molecular complexity index is 554. The molecule has 0 aromatic heterocycles. The average Bonchev–Trinajstić information content (AvgIpc) is 3.01. The van der Waals surface area contributed by atoms with Crippen molar-refractivity contribution in [1.82, 2.24) is 0 Å². The first-order valence-corrected chi connectivity index (χ1v) is 8.86. The summed E-state index contributed by atoms with van der Waals surface area (Å²) in [4.78, 5) is 14.9. The molecule has 1 fully saturated rings. The van der Waals surface area contributed by atoms with Gasteiger partial charge in [0.1, 0.15) is 0 Å². The van der Waals surface area contributed by atoms with Crippen LogP contribution in [0.2, 0.25) is 0 Å². The number of carbonyl (C=O) groups is 1. The number of rotatable bonds is 6. The summed E-state index contributed by atoms with van der Waals surface area (Å²) < 4.78 is 10.8. The van der Waals surface area contributed by atoms with E-state index in [9.17, 15) is 9.90 Å². The zero-order valence-electron chi connectivity index (χ0n) is 14.3. The molecule has 1 aromatic rings. The Morgan fingerprint density at radius 3 is 2.67 bits per heavy atom. The van der Waals surface area contributed by atoms with Crippen LogP contribution in [0.1, 0.15) is 37.2 Å². The predicted molar refractivity (Wildman–Crippen MR) is 92.2 cm³/mol. The van der Waals surface area contributed by atoms with E-state index in [1.54, 1.807) is 7.11 Å². The van der Waals surface area contributed by atoms with E-state index >= 15 is 0 Å². The number of carbonyl (C=O) groups excluding carboxylic acids is 1. The molecule has 0 saturated heterocycles. The SMILES string of the molecule is COCCOC1CCC(C(=O)N2CC(CO)c3ccccc32)CC1. The Hall–Kier alpha value is -1.43. The summed E-state index contributed by atoms with van der Waals surface area (Å²) >= 11 is 0. The molecule has 1 N–H and O–H groups in total. The topological polar surface area (TPSA) is 59.0 Å². The lowest BCUT2D eigenvalue weighted by atomic mass is 9.86. The van der Waals surface area contributed by atoms with Gasteiger partial charge in [-0.2, -0.15) is 0 Å². The fraction of sp³-hybridized carbons (Fsp3) is 0.632. The molecule has 24 heavy (non-hydrogen) atoms. The second kappa shape index (κ2) is 8.10. The molecule has 0 spiro atoms. The first-order valence-electron chi connectivity index (χ1n) is 8.86. The van der Waals surface area contributed by atoms with Gasteiger partial charge in [-0.3, -0.25) is 4.79 Å². The number of methoxy groups -OCH3 is 1. The Labute approximate surface area is 143 Å². The van der Waals surface area contributed by atoms with Crippen molar-refractivity contribution in [2.75, 3.05) is 38.4 Å². The third-order valence-electron chi connectivity index (χ3n) is 5.22. The van der Waals surface area contributed by atoms with E-state index in [0.717, 1.165) is 36.9 Å². The summed E-state index contributed by atoms with van der Waals surface area (Å²) in [6.45, 7) is 1.92. The zero-order chi connectivity index (χ0) is 16.9. The molecular weight excluding hydrogens is 306 g/mol. The Kier molecular flexibility index (Phi) is 5.87. The molecule has 132 valence electrons. The summed E-state index contributed by atoms with van der Waals surface area (Å²) in [5.74, 6) is 0.311. The van der Waals surface area contributed by atoms with Gasteiger partial charge in [-0.15, -0.1) is 0 Å². The molecule has 1 saturated carbocycles. The molecule has 1 amide bonds. The van der Waals surface area contributed by atoms with Crippen molar-refractivity contribution in [3.05, 3.63) is 29.8 Å². The molecule has 1 aliphatic carbocycles. The average molecular weight is 333 g/mol. The van der Waals surface area contributed by atoms with Gasteiger partial charge in [0, 0.05) is 31.2 Å². The highest BCUT2D eigenvalue weighted by Crippen LogP contribution is 2.38. The lowest BCUT2D eigenvalue weighted by Crippen LogP contribution is -2.38. The minimum Gasteiger partial charge on any atom is -0.396 e. The summed E-state index contributed by atoms with van der Waals surface area (Å²) in [7, 11) is 1.67. The lowest BCUT2D eigenvalue weighted by Gasteiger charge is -2.30. The highest BCUT2D eigenvalue weighted by atomic mass is 16.5. The number of benzene rings is 1. The van der Waals surface area contributed by atoms with E-state index < -0.39 is 0 Å². The Morgan fingerprint density at radius 2 is 1.96 bits per heavy atom. The van der Waals surface area contributed by atoms with Crippen LogP contribution in [0.4, 0.5) is 5.69 Å². The molecule has 1 aromatic carbocycles. The molecule has 5 nitrogen and oxygen atoms in total. The first-order chi connectivity index (χ1) is 11.7. The van der Waals surface area contributed by atoms with Crippen molar-refractivity contribution in [3.8, 4) is 0 Å². The monoisotopic (exact) mass is 333 g/mol. The van der Waals surface area contributed by atoms with Gasteiger partial charge in [0.05, 0.1) is 25.9 Å². The standard InChI is InChI=1S/C19H27NO4/c1-23-10-11-24-16-8-6-14(7-9-16)19(22)20-12-15(13-21)17-4-2-3-5-18(17)20/h2-5,14-16,21H,6-13H2,1H3. The minimum atomic E-state index is 0.0406. The predicted octanol–water partition coefficient (Wildman–Crippen LogP) is 2.33. The van der Waals surface area contributed by atoms with Crippen molar-refractivity contribution in [3.63, 3.8) is 0 Å². The van der Waals surface area contributed by atoms with Gasteiger partial charge >= 0.3 is 0 Å². The number of nitrogens with zero attached hydrogens (tertiary/aromatic N) is 1. The number of hydrogen-bond acceptors (Lipinski definition) is 4. The maximum Gasteiger partial charge on any atom is 0.230 e. The second-order valence-corrected chi connectivity index (χ2v) is 6.72. The number of hydrogen-bond donors (Lipinski definition) is 1. The number of anilines is 1. The number of amides is 1. The van der Waals surface area contributed by atoms with Gasteiger partial charge in [-0.05, 0) is 37.3 Å². The van der Waals surface area contributed by atoms with Crippen LogP contribution < -0.4 is 4.90 Å². The van der Waals surface area contributed by atoms with Gasteiger partial charge < -0.3 is 19.5 Å². The van der Waals surface area contributed by atoms with Crippen LogP contribution in [0.15, 0.2) is 24.3 Å². The van der Waals surface area contributed by atoms with E-state index in [1.165, 1.54) is 0 Å². The number of fused-ring (bicyclic) bond motifs is 1. The third kappa shape index (κ3) is 3.63. The summed E-state index contributed by atoms with van der Waals surface area (Å²) in [6.07, 6.45) is 3.86. The van der Waals surface area contributed by atoms with Crippen LogP contribution >= 0.6 is 0 Å². The highest BCUT2D eigenvalue weighted by molar-refractivity contribution is 5.97. The fourth-order valence-electron chi connectivity index (χ4n) is 3.86. The normalized spacial score (nSPS) is 26.4. The van der Waals surface area contributed by atoms with Gasteiger partial charge in [-0.25, -0.2) is 0 Å². The van der Waals surface area contributed by atoms with Crippen LogP contribution in [0, 0.1) is 5.92 Å². The van der Waals surface area contributed by atoms with Crippen LogP contribution in [0.5, 0.6) is 0 Å². The molecule has 3 rings (SSSR count). The number of ether oxygens (including phenoxy) is 2. The number of aliphatic hydroxyl groups is 1. The highest BCUT2D eigenvalue weighted by Gasteiger charge is 2.36. The zero-order valence-corrected chi connectivity index (χ0v) is 14.3. The van der Waals surface area contributed by atoms with Crippen LogP contribution in [-0.2, 0) is 14.3 Å². The van der Waals surface area contributed by atoms with Crippen molar-refractivity contribution >= 4 is 11.6 Å². The molecule has 0 bridgehead atoms. The molecule has 1 heterocycles. The minimum absolute atomic E-state index is 0.0406. The van der Waals surface area contributed by atoms with E-state index in [1.807, 2.05) is 29.2 Å². The van der Waals surface area contributed by atoms with E-state index in [0.29, 0.717) is 19.8 Å². The van der Waals surface area contributed by atoms with Crippen molar-refractivity contribution in [1.29, 1.82) is 0 Å². The van der Waals surface area contributed by atoms with E-state index in [2.05, 4.69) is 0 Å². The molecule has 0 radical (unpaired) electrons. The molecule has 2 aliphatic rings. The summed E-state index contributed by atoms with van der Waals surface area (Å²) in [5.41, 5.74) is 2.06. The van der Waals surface area contributed by atoms with Crippen LogP contribution in [0.25, 0.3) is 0 Å². The summed E-state index contributed by atoms with van der Waals surface area (Å²) in [5, 5.41) is 9.60. The quantitative estimate of drug-likeness (QED) is 0.812. The second-order valence-electron chi connectivity index (χ2n) is 6.72.